The zero-order valence-electron chi connectivity index (χ0n) is 17.7. The molecule has 0 aliphatic carbocycles. The number of hydrogen-bond acceptors (Lipinski definition) is 7. The van der Waals surface area contributed by atoms with Crippen molar-refractivity contribution in [2.45, 2.75) is 22.8 Å². The van der Waals surface area contributed by atoms with Gasteiger partial charge in [-0.1, -0.05) is 18.2 Å². The van der Waals surface area contributed by atoms with Gasteiger partial charge in [0, 0.05) is 23.4 Å². The summed E-state index contributed by atoms with van der Waals surface area (Å²) in [6.07, 6.45) is 0. The van der Waals surface area contributed by atoms with Crippen molar-refractivity contribution in [3.05, 3.63) is 94.0 Å². The van der Waals surface area contributed by atoms with Crippen LogP contribution in [0.15, 0.2) is 82.6 Å². The molecule has 3 aromatic rings. The van der Waals surface area contributed by atoms with Gasteiger partial charge in [-0.25, -0.2) is 22.0 Å². The van der Waals surface area contributed by atoms with E-state index in [2.05, 4.69) is 10.0 Å². The maximum absolute atomic E-state index is 12.5. The zero-order chi connectivity index (χ0) is 25.1. The molecule has 0 spiro atoms. The van der Waals surface area contributed by atoms with E-state index in [0.717, 1.165) is 6.07 Å². The number of nitrogens with one attached hydrogen (secondary N) is 2. The number of carbonyl (C=O) groups is 1. The van der Waals surface area contributed by atoms with Crippen molar-refractivity contribution < 1.29 is 26.6 Å². The third-order valence-electron chi connectivity index (χ3n) is 4.79. The van der Waals surface area contributed by atoms with Crippen LogP contribution < -0.4 is 15.2 Å². The average Bonchev–Trinajstić information content (AvgIpc) is 2.79. The minimum atomic E-state index is -4.08. The van der Waals surface area contributed by atoms with Crippen LogP contribution in [0.3, 0.4) is 0 Å². The molecule has 0 heterocycles. The van der Waals surface area contributed by atoms with Gasteiger partial charge in [0.15, 0.2) is 0 Å². The largest absolute Gasteiger partial charge is 0.346 e. The van der Waals surface area contributed by atoms with E-state index >= 15 is 0 Å². The van der Waals surface area contributed by atoms with E-state index in [4.69, 9.17) is 5.14 Å². The molecule has 0 saturated heterocycles. The van der Waals surface area contributed by atoms with Gasteiger partial charge in [-0.05, 0) is 55.0 Å². The summed E-state index contributed by atoms with van der Waals surface area (Å²) in [5, 5.41) is 18.7. The highest BCUT2D eigenvalue weighted by Crippen LogP contribution is 2.21. The number of rotatable bonds is 8. The van der Waals surface area contributed by atoms with E-state index in [1.165, 1.54) is 66.7 Å². The molecule has 1 unspecified atom stereocenters. The third-order valence-corrected chi connectivity index (χ3v) is 7.10. The first-order chi connectivity index (χ1) is 15.9. The molecular formula is C21H20N4O7S2. The third kappa shape index (κ3) is 5.95. The molecule has 34 heavy (non-hydrogen) atoms. The first kappa shape index (κ1) is 24.8. The van der Waals surface area contributed by atoms with E-state index in [1.54, 1.807) is 6.92 Å². The molecule has 1 atom stereocenters. The van der Waals surface area contributed by atoms with Gasteiger partial charge in [-0.15, -0.1) is 0 Å². The maximum atomic E-state index is 12.5. The smallest absolute Gasteiger partial charge is 0.270 e. The molecule has 0 fully saturated rings. The maximum Gasteiger partial charge on any atom is 0.270 e. The standard InChI is InChI=1S/C21H20N4O7S2/c1-14(15-7-11-19(12-8-15)33(22,29)30)23-21(26)16-5-9-17(10-6-16)24-34(31,32)20-4-2-3-18(13-20)25(27)28/h2-14,24H,1H3,(H,23,26)(H2,22,29,30). The van der Waals surface area contributed by atoms with Crippen LogP contribution in [-0.4, -0.2) is 27.7 Å². The number of nitrogens with two attached hydrogens (primary N) is 1. The van der Waals surface area contributed by atoms with Gasteiger partial charge in [0.25, 0.3) is 21.6 Å². The Hall–Kier alpha value is -3.81. The summed E-state index contributed by atoms with van der Waals surface area (Å²) in [4.78, 5) is 22.4. The normalized spacial score (nSPS) is 12.5. The molecular weight excluding hydrogens is 484 g/mol. The Bertz CT molecular complexity index is 1440. The summed E-state index contributed by atoms with van der Waals surface area (Å²) < 4.78 is 50.1. The Balaban J connectivity index is 1.68. The Kier molecular flexibility index (Phi) is 7.00. The number of non-ortho nitro benzene ring substituents is 1. The summed E-state index contributed by atoms with van der Waals surface area (Å²) >= 11 is 0. The minimum Gasteiger partial charge on any atom is -0.346 e. The van der Waals surface area contributed by atoms with Crippen LogP contribution in [0.25, 0.3) is 0 Å². The minimum absolute atomic E-state index is 0.0436. The molecule has 0 radical (unpaired) electrons. The van der Waals surface area contributed by atoms with E-state index in [1.807, 2.05) is 0 Å². The average molecular weight is 505 g/mol. The Morgan fingerprint density at radius 1 is 0.941 bits per heavy atom. The summed E-state index contributed by atoms with van der Waals surface area (Å²) in [7, 11) is -7.90. The first-order valence-corrected chi connectivity index (χ1v) is 12.7. The molecule has 0 saturated carbocycles. The van der Waals surface area contributed by atoms with Gasteiger partial charge in [-0.2, -0.15) is 0 Å². The molecule has 0 aliphatic heterocycles. The lowest BCUT2D eigenvalue weighted by molar-refractivity contribution is -0.385. The summed E-state index contributed by atoms with van der Waals surface area (Å²) in [5.74, 6) is -0.434. The van der Waals surface area contributed by atoms with Crippen molar-refractivity contribution in [2.24, 2.45) is 5.14 Å². The fraction of sp³-hybridized carbons (Fsp3) is 0.0952. The van der Waals surface area contributed by atoms with E-state index in [9.17, 15) is 31.7 Å². The molecule has 0 aromatic heterocycles. The Labute approximate surface area is 195 Å². The van der Waals surface area contributed by atoms with Crippen LogP contribution >= 0.6 is 0 Å². The van der Waals surface area contributed by atoms with Crippen LogP contribution in [-0.2, 0) is 20.0 Å². The molecule has 0 aliphatic rings. The Morgan fingerprint density at radius 2 is 1.56 bits per heavy atom. The number of hydrogen-bond donors (Lipinski definition) is 3. The topological polar surface area (TPSA) is 179 Å². The second kappa shape index (κ2) is 9.59. The molecule has 13 heteroatoms. The molecule has 0 bridgehead atoms. The van der Waals surface area contributed by atoms with Gasteiger partial charge >= 0.3 is 0 Å². The van der Waals surface area contributed by atoms with Crippen molar-refractivity contribution in [3.63, 3.8) is 0 Å². The molecule has 3 aromatic carbocycles. The molecule has 3 rings (SSSR count). The van der Waals surface area contributed by atoms with Gasteiger partial charge < -0.3 is 5.32 Å². The fourth-order valence-corrected chi connectivity index (χ4v) is 4.59. The fourth-order valence-electron chi connectivity index (χ4n) is 2.98. The molecule has 1 amide bonds. The molecule has 11 nitrogen and oxygen atoms in total. The SMILES string of the molecule is CC(NC(=O)c1ccc(NS(=O)(=O)c2cccc([N+](=O)[O-])c2)cc1)c1ccc(S(N)(=O)=O)cc1. The molecule has 4 N–H and O–H groups in total. The number of benzene rings is 3. The number of nitro benzene ring substituents is 1. The van der Waals surface area contributed by atoms with Crippen LogP contribution in [0.4, 0.5) is 11.4 Å². The van der Waals surface area contributed by atoms with E-state index in [0.29, 0.717) is 5.56 Å². The predicted octanol–water partition coefficient (Wildman–Crippen LogP) is 2.53. The van der Waals surface area contributed by atoms with Crippen LogP contribution in [0.5, 0.6) is 0 Å². The zero-order valence-corrected chi connectivity index (χ0v) is 19.3. The van der Waals surface area contributed by atoms with Crippen molar-refractivity contribution in [2.75, 3.05) is 4.72 Å². The van der Waals surface area contributed by atoms with Crippen LogP contribution in [0.2, 0.25) is 0 Å². The second-order valence-corrected chi connectivity index (χ2v) is 10.5. The van der Waals surface area contributed by atoms with E-state index in [-0.39, 0.29) is 26.7 Å². The number of anilines is 1. The number of nitro groups is 1. The van der Waals surface area contributed by atoms with Gasteiger partial charge in [-0.3, -0.25) is 19.6 Å². The van der Waals surface area contributed by atoms with Crippen molar-refractivity contribution in [1.82, 2.24) is 5.32 Å². The lowest BCUT2D eigenvalue weighted by Gasteiger charge is -2.15. The van der Waals surface area contributed by atoms with Gasteiger partial charge in [0.2, 0.25) is 10.0 Å². The van der Waals surface area contributed by atoms with Crippen molar-refractivity contribution in [1.29, 1.82) is 0 Å². The monoisotopic (exact) mass is 504 g/mol. The Morgan fingerprint density at radius 3 is 2.12 bits per heavy atom. The lowest BCUT2D eigenvalue weighted by atomic mass is 10.1. The number of amides is 1. The van der Waals surface area contributed by atoms with Crippen molar-refractivity contribution in [3.8, 4) is 0 Å². The number of primary sulfonamides is 1. The van der Waals surface area contributed by atoms with Crippen molar-refractivity contribution >= 4 is 37.3 Å². The van der Waals surface area contributed by atoms with E-state index < -0.39 is 36.9 Å². The lowest BCUT2D eigenvalue weighted by Crippen LogP contribution is -2.26. The first-order valence-electron chi connectivity index (χ1n) is 9.68. The van der Waals surface area contributed by atoms with Gasteiger partial charge in [0.05, 0.1) is 20.8 Å². The summed E-state index contributed by atoms with van der Waals surface area (Å²) in [5.41, 5.74) is 0.714. The summed E-state index contributed by atoms with van der Waals surface area (Å²) in [6, 6.07) is 15.5. The molecule has 178 valence electrons. The highest BCUT2D eigenvalue weighted by molar-refractivity contribution is 7.92. The number of sulfonamides is 2. The number of carbonyl (C=O) groups excluding carboxylic acids is 1. The quantitative estimate of drug-likeness (QED) is 0.311. The van der Waals surface area contributed by atoms with Crippen LogP contribution in [0.1, 0.15) is 28.9 Å². The van der Waals surface area contributed by atoms with Gasteiger partial charge in [0.1, 0.15) is 0 Å². The number of nitrogens with zero attached hydrogens (tertiary/aromatic N) is 1. The van der Waals surface area contributed by atoms with Crippen LogP contribution in [0, 0.1) is 10.1 Å². The second-order valence-electron chi connectivity index (χ2n) is 7.25. The predicted molar refractivity (Wildman–Crippen MR) is 124 cm³/mol. The highest BCUT2D eigenvalue weighted by atomic mass is 32.2. The summed E-state index contributed by atoms with van der Waals surface area (Å²) in [6.45, 7) is 1.71. The highest BCUT2D eigenvalue weighted by Gasteiger charge is 2.18.